The minimum atomic E-state index is -0.0887. The van der Waals surface area contributed by atoms with E-state index in [0.29, 0.717) is 6.61 Å². The first-order valence-electron chi connectivity index (χ1n) is 7.18. The van der Waals surface area contributed by atoms with Crippen LogP contribution in [-0.4, -0.2) is 44.2 Å². The molecule has 0 unspecified atom stereocenters. The molecule has 4 heteroatoms. The molecule has 0 spiro atoms. The lowest BCUT2D eigenvalue weighted by atomic mass is 9.98. The van der Waals surface area contributed by atoms with Crippen LogP contribution in [0.1, 0.15) is 18.4 Å². The Morgan fingerprint density at radius 1 is 1.35 bits per heavy atom. The van der Waals surface area contributed by atoms with Crippen LogP contribution in [0.3, 0.4) is 0 Å². The number of carbonyl (C=O) groups is 1. The van der Waals surface area contributed by atoms with Gasteiger partial charge in [0.15, 0.2) is 0 Å². The Hall–Kier alpha value is -1.55. The molecule has 1 aromatic carbocycles. The van der Waals surface area contributed by atoms with Crippen LogP contribution >= 0.6 is 0 Å². The van der Waals surface area contributed by atoms with Crippen molar-refractivity contribution in [1.82, 2.24) is 4.90 Å². The predicted octanol–water partition coefficient (Wildman–Crippen LogP) is 2.26. The molecule has 0 aromatic heterocycles. The fourth-order valence-corrected chi connectivity index (χ4v) is 2.54. The number of hydrogen-bond donors (Lipinski definition) is 0. The van der Waals surface area contributed by atoms with Gasteiger partial charge in [0, 0.05) is 13.1 Å². The molecule has 0 radical (unpaired) electrons. The first-order chi connectivity index (χ1) is 9.69. The van der Waals surface area contributed by atoms with Crippen LogP contribution in [0.4, 0.5) is 0 Å². The smallest absolute Gasteiger partial charge is 0.309 e. The van der Waals surface area contributed by atoms with Crippen LogP contribution in [0.2, 0.25) is 0 Å². The predicted molar refractivity (Wildman–Crippen MR) is 77.9 cm³/mol. The Kier molecular flexibility index (Phi) is 5.41. The van der Waals surface area contributed by atoms with E-state index in [1.165, 1.54) is 12.7 Å². The number of ether oxygens (including phenoxy) is 2. The van der Waals surface area contributed by atoms with Crippen molar-refractivity contribution in [3.05, 3.63) is 29.8 Å². The summed E-state index contributed by atoms with van der Waals surface area (Å²) in [6.45, 7) is 5.37. The molecule has 1 saturated heterocycles. The van der Waals surface area contributed by atoms with Gasteiger partial charge in [-0.15, -0.1) is 0 Å². The number of carbonyl (C=O) groups excluding carboxylic acids is 1. The third-order valence-corrected chi connectivity index (χ3v) is 3.74. The van der Waals surface area contributed by atoms with Crippen molar-refractivity contribution in [3.8, 4) is 5.75 Å². The van der Waals surface area contributed by atoms with Crippen LogP contribution in [0.15, 0.2) is 24.3 Å². The maximum atomic E-state index is 11.6. The fourth-order valence-electron chi connectivity index (χ4n) is 2.54. The van der Waals surface area contributed by atoms with E-state index in [-0.39, 0.29) is 11.9 Å². The van der Waals surface area contributed by atoms with Gasteiger partial charge in [0.2, 0.25) is 0 Å². The number of benzene rings is 1. The highest BCUT2D eigenvalue weighted by Gasteiger charge is 2.26. The van der Waals surface area contributed by atoms with Crippen molar-refractivity contribution in [1.29, 1.82) is 0 Å². The summed E-state index contributed by atoms with van der Waals surface area (Å²) in [5.41, 5.74) is 1.23. The summed E-state index contributed by atoms with van der Waals surface area (Å²) in [5, 5.41) is 0. The summed E-state index contributed by atoms with van der Waals surface area (Å²) in [6, 6.07) is 8.07. The second kappa shape index (κ2) is 7.29. The number of piperidine rings is 1. The van der Waals surface area contributed by atoms with Gasteiger partial charge in [0.05, 0.1) is 13.0 Å². The van der Waals surface area contributed by atoms with Gasteiger partial charge < -0.3 is 9.47 Å². The van der Waals surface area contributed by atoms with Gasteiger partial charge in [-0.25, -0.2) is 0 Å². The molecule has 0 amide bonds. The maximum Gasteiger partial charge on any atom is 0.309 e. The van der Waals surface area contributed by atoms with E-state index in [2.05, 4.69) is 11.8 Å². The monoisotopic (exact) mass is 277 g/mol. The SMILES string of the molecule is COC(=O)[C@H]1CCCN(CCOc2ccc(C)cc2)C1. The second-order valence-corrected chi connectivity index (χ2v) is 5.32. The van der Waals surface area contributed by atoms with Crippen molar-refractivity contribution in [2.75, 3.05) is 33.4 Å². The van der Waals surface area contributed by atoms with Crippen molar-refractivity contribution < 1.29 is 14.3 Å². The van der Waals surface area contributed by atoms with E-state index in [1.54, 1.807) is 0 Å². The molecule has 2 rings (SSSR count). The topological polar surface area (TPSA) is 38.8 Å². The number of methoxy groups -OCH3 is 1. The lowest BCUT2D eigenvalue weighted by Crippen LogP contribution is -2.41. The molecule has 110 valence electrons. The van der Waals surface area contributed by atoms with Gasteiger partial charge >= 0.3 is 5.97 Å². The molecule has 1 heterocycles. The molecule has 1 atom stereocenters. The number of hydrogen-bond acceptors (Lipinski definition) is 4. The van der Waals surface area contributed by atoms with Gasteiger partial charge in [0.1, 0.15) is 12.4 Å². The molecule has 4 nitrogen and oxygen atoms in total. The minimum absolute atomic E-state index is 0.0214. The van der Waals surface area contributed by atoms with Gasteiger partial charge in [-0.1, -0.05) is 17.7 Å². The zero-order chi connectivity index (χ0) is 14.4. The lowest BCUT2D eigenvalue weighted by molar-refractivity contribution is -0.147. The van der Waals surface area contributed by atoms with Gasteiger partial charge in [-0.05, 0) is 38.4 Å². The van der Waals surface area contributed by atoms with E-state index in [4.69, 9.17) is 9.47 Å². The number of rotatable bonds is 5. The molecule has 0 saturated carbocycles. The van der Waals surface area contributed by atoms with Crippen LogP contribution in [-0.2, 0) is 9.53 Å². The standard InChI is InChI=1S/C16H23NO3/c1-13-5-7-15(8-6-13)20-11-10-17-9-3-4-14(12-17)16(18)19-2/h5-8,14H,3-4,9-12H2,1-2H3/t14-/m0/s1. The highest BCUT2D eigenvalue weighted by molar-refractivity contribution is 5.72. The molecule has 0 N–H and O–H groups in total. The number of aryl methyl sites for hydroxylation is 1. The van der Waals surface area contributed by atoms with E-state index < -0.39 is 0 Å². The van der Waals surface area contributed by atoms with Crippen LogP contribution in [0, 0.1) is 12.8 Å². The average molecular weight is 277 g/mol. The maximum absolute atomic E-state index is 11.6. The summed E-state index contributed by atoms with van der Waals surface area (Å²) >= 11 is 0. The Labute approximate surface area is 120 Å². The van der Waals surface area contributed by atoms with Crippen LogP contribution in [0.5, 0.6) is 5.75 Å². The zero-order valence-corrected chi connectivity index (χ0v) is 12.3. The molecule has 20 heavy (non-hydrogen) atoms. The molecule has 1 fully saturated rings. The molecule has 0 bridgehead atoms. The average Bonchev–Trinajstić information content (AvgIpc) is 2.49. The second-order valence-electron chi connectivity index (χ2n) is 5.32. The summed E-state index contributed by atoms with van der Waals surface area (Å²) in [5.74, 6) is 0.833. The molecule has 1 aliphatic rings. The first-order valence-corrected chi connectivity index (χ1v) is 7.18. The third kappa shape index (κ3) is 4.23. The molecular weight excluding hydrogens is 254 g/mol. The molecule has 1 aromatic rings. The van der Waals surface area contributed by atoms with Crippen molar-refractivity contribution in [3.63, 3.8) is 0 Å². The molecular formula is C16H23NO3. The summed E-state index contributed by atoms with van der Waals surface area (Å²) in [4.78, 5) is 13.8. The summed E-state index contributed by atoms with van der Waals surface area (Å²) in [6.07, 6.45) is 1.98. The first kappa shape index (κ1) is 14.9. The zero-order valence-electron chi connectivity index (χ0n) is 12.3. The Morgan fingerprint density at radius 3 is 2.80 bits per heavy atom. The van der Waals surface area contributed by atoms with E-state index in [1.807, 2.05) is 24.3 Å². The molecule has 1 aliphatic heterocycles. The number of nitrogens with zero attached hydrogens (tertiary/aromatic N) is 1. The van der Waals surface area contributed by atoms with E-state index in [9.17, 15) is 4.79 Å². The Balaban J connectivity index is 1.73. The number of likely N-dealkylation sites (tertiary alicyclic amines) is 1. The minimum Gasteiger partial charge on any atom is -0.492 e. The van der Waals surface area contributed by atoms with E-state index in [0.717, 1.165) is 38.2 Å². The number of esters is 1. The largest absolute Gasteiger partial charge is 0.492 e. The summed E-state index contributed by atoms with van der Waals surface area (Å²) < 4.78 is 10.6. The highest BCUT2D eigenvalue weighted by Crippen LogP contribution is 2.17. The third-order valence-electron chi connectivity index (χ3n) is 3.74. The van der Waals surface area contributed by atoms with Gasteiger partial charge in [-0.3, -0.25) is 9.69 Å². The van der Waals surface area contributed by atoms with Gasteiger partial charge in [0.25, 0.3) is 0 Å². The normalized spacial score (nSPS) is 19.6. The quantitative estimate of drug-likeness (QED) is 0.774. The Bertz CT molecular complexity index is 430. The van der Waals surface area contributed by atoms with E-state index >= 15 is 0 Å². The van der Waals surface area contributed by atoms with Crippen LogP contribution in [0.25, 0.3) is 0 Å². The Morgan fingerprint density at radius 2 is 2.10 bits per heavy atom. The van der Waals surface area contributed by atoms with Gasteiger partial charge in [-0.2, -0.15) is 0 Å². The lowest BCUT2D eigenvalue weighted by Gasteiger charge is -2.31. The molecule has 0 aliphatic carbocycles. The van der Waals surface area contributed by atoms with Crippen molar-refractivity contribution in [2.24, 2.45) is 5.92 Å². The highest BCUT2D eigenvalue weighted by atomic mass is 16.5. The van der Waals surface area contributed by atoms with Crippen LogP contribution < -0.4 is 4.74 Å². The van der Waals surface area contributed by atoms with Crippen molar-refractivity contribution in [2.45, 2.75) is 19.8 Å². The van der Waals surface area contributed by atoms with Crippen molar-refractivity contribution >= 4 is 5.97 Å². The summed E-state index contributed by atoms with van der Waals surface area (Å²) in [7, 11) is 1.46. The fraction of sp³-hybridized carbons (Fsp3) is 0.562.